The monoisotopic (exact) mass is 320 g/mol. The van der Waals surface area contributed by atoms with Crippen molar-refractivity contribution < 1.29 is 4.43 Å². The summed E-state index contributed by atoms with van der Waals surface area (Å²) in [5, 5.41) is 0.336. The minimum Gasteiger partial charge on any atom is -0.417 e. The highest BCUT2D eigenvalue weighted by Crippen LogP contribution is 2.36. The second kappa shape index (κ2) is 7.75. The smallest absolute Gasteiger partial charge is 0.191 e. The van der Waals surface area contributed by atoms with Crippen LogP contribution >= 0.6 is 15.9 Å². The Hall–Kier alpha value is 0.397. The molecule has 0 bridgehead atoms. The van der Waals surface area contributed by atoms with E-state index in [0.29, 0.717) is 5.04 Å². The summed E-state index contributed by atoms with van der Waals surface area (Å²) in [6.45, 7) is 14.6. The standard InChI is InChI=1S/C14H29BrOSi/c1-13(15)11-9-7-8-10-12-16-17(5,6)14(2,3)4/h11H,7-10,12H2,1-6H3/b13-11+. The van der Waals surface area contributed by atoms with E-state index in [1.165, 1.54) is 30.2 Å². The Labute approximate surface area is 117 Å². The van der Waals surface area contributed by atoms with E-state index in [9.17, 15) is 0 Å². The lowest BCUT2D eigenvalue weighted by atomic mass is 10.2. The zero-order chi connectivity index (χ0) is 13.5. The lowest BCUT2D eigenvalue weighted by Gasteiger charge is -2.36. The number of rotatable bonds is 7. The molecule has 0 aromatic carbocycles. The normalized spacial score (nSPS) is 14.2. The Morgan fingerprint density at radius 3 is 2.24 bits per heavy atom. The summed E-state index contributed by atoms with van der Waals surface area (Å²) in [6.07, 6.45) is 7.16. The van der Waals surface area contributed by atoms with E-state index >= 15 is 0 Å². The molecule has 1 nitrogen and oxygen atoms in total. The molecule has 3 heteroatoms. The van der Waals surface area contributed by atoms with Crippen LogP contribution < -0.4 is 0 Å². The quantitative estimate of drug-likeness (QED) is 0.421. The van der Waals surface area contributed by atoms with Gasteiger partial charge in [0.15, 0.2) is 8.32 Å². The molecule has 17 heavy (non-hydrogen) atoms. The summed E-state index contributed by atoms with van der Waals surface area (Å²) in [7, 11) is -1.51. The highest BCUT2D eigenvalue weighted by molar-refractivity contribution is 9.11. The van der Waals surface area contributed by atoms with Gasteiger partial charge in [0, 0.05) is 6.61 Å². The van der Waals surface area contributed by atoms with Gasteiger partial charge < -0.3 is 4.43 Å². The summed E-state index contributed by atoms with van der Waals surface area (Å²) >= 11 is 3.45. The highest BCUT2D eigenvalue weighted by atomic mass is 79.9. The number of halogens is 1. The van der Waals surface area contributed by atoms with E-state index in [4.69, 9.17) is 4.43 Å². The van der Waals surface area contributed by atoms with Crippen molar-refractivity contribution in [3.8, 4) is 0 Å². The van der Waals surface area contributed by atoms with Crippen LogP contribution in [-0.4, -0.2) is 14.9 Å². The van der Waals surface area contributed by atoms with Crippen molar-refractivity contribution in [2.24, 2.45) is 0 Å². The Morgan fingerprint density at radius 2 is 1.76 bits per heavy atom. The molecule has 0 saturated carbocycles. The lowest BCUT2D eigenvalue weighted by molar-refractivity contribution is 0.278. The average Bonchev–Trinajstić information content (AvgIpc) is 2.13. The third-order valence-electron chi connectivity index (χ3n) is 3.54. The minimum absolute atomic E-state index is 0.336. The topological polar surface area (TPSA) is 9.23 Å². The Kier molecular flexibility index (Phi) is 7.93. The van der Waals surface area contributed by atoms with Crippen molar-refractivity contribution in [3.05, 3.63) is 10.6 Å². The molecule has 0 saturated heterocycles. The van der Waals surface area contributed by atoms with Gasteiger partial charge in [0.25, 0.3) is 0 Å². The molecule has 0 aliphatic heterocycles. The van der Waals surface area contributed by atoms with E-state index < -0.39 is 8.32 Å². The maximum absolute atomic E-state index is 6.14. The van der Waals surface area contributed by atoms with E-state index in [-0.39, 0.29) is 0 Å². The molecule has 0 aliphatic rings. The molecule has 0 rings (SSSR count). The molecule has 0 spiro atoms. The third kappa shape index (κ3) is 8.17. The van der Waals surface area contributed by atoms with Crippen molar-refractivity contribution in [2.45, 2.75) is 71.5 Å². The Bertz CT molecular complexity index is 237. The van der Waals surface area contributed by atoms with Crippen LogP contribution in [0.2, 0.25) is 18.1 Å². The van der Waals surface area contributed by atoms with Crippen molar-refractivity contribution in [1.29, 1.82) is 0 Å². The molecule has 0 aromatic rings. The van der Waals surface area contributed by atoms with E-state index in [1.807, 2.05) is 0 Å². The molecule has 0 aliphatic carbocycles. The predicted octanol–water partition coefficient (Wildman–Crippen LogP) is 5.87. The summed E-state index contributed by atoms with van der Waals surface area (Å²) in [6, 6.07) is 0. The molecule has 0 fully saturated rings. The highest BCUT2D eigenvalue weighted by Gasteiger charge is 2.36. The summed E-state index contributed by atoms with van der Waals surface area (Å²) in [5.41, 5.74) is 0. The van der Waals surface area contributed by atoms with Gasteiger partial charge in [-0.1, -0.05) is 49.2 Å². The van der Waals surface area contributed by atoms with Gasteiger partial charge in [0.1, 0.15) is 0 Å². The van der Waals surface area contributed by atoms with Gasteiger partial charge in [-0.05, 0) is 48.8 Å². The van der Waals surface area contributed by atoms with Crippen LogP contribution in [0.5, 0.6) is 0 Å². The maximum Gasteiger partial charge on any atom is 0.191 e. The van der Waals surface area contributed by atoms with E-state index in [2.05, 4.69) is 62.8 Å². The van der Waals surface area contributed by atoms with Crippen LogP contribution in [0.1, 0.15) is 53.4 Å². The largest absolute Gasteiger partial charge is 0.417 e. The fourth-order valence-corrected chi connectivity index (χ4v) is 2.58. The predicted molar refractivity (Wildman–Crippen MR) is 84.3 cm³/mol. The molecule has 0 aromatic heterocycles. The summed E-state index contributed by atoms with van der Waals surface area (Å²) in [4.78, 5) is 0. The molecule has 0 atom stereocenters. The van der Waals surface area contributed by atoms with Gasteiger partial charge in [0.05, 0.1) is 0 Å². The maximum atomic E-state index is 6.14. The number of allylic oxidation sites excluding steroid dienone is 2. The summed E-state index contributed by atoms with van der Waals surface area (Å²) in [5.74, 6) is 0. The minimum atomic E-state index is -1.51. The molecule has 0 unspecified atom stereocenters. The second-order valence-electron chi connectivity index (χ2n) is 6.25. The second-order valence-corrected chi connectivity index (χ2v) is 12.3. The molecule has 0 heterocycles. The van der Waals surface area contributed by atoms with Crippen LogP contribution in [0.3, 0.4) is 0 Å². The van der Waals surface area contributed by atoms with E-state index in [1.54, 1.807) is 0 Å². The van der Waals surface area contributed by atoms with Gasteiger partial charge in [0.2, 0.25) is 0 Å². The number of hydrogen-bond donors (Lipinski definition) is 0. The van der Waals surface area contributed by atoms with E-state index in [0.717, 1.165) is 6.61 Å². The molecule has 102 valence electrons. The molecule has 0 radical (unpaired) electrons. The van der Waals surface area contributed by atoms with Gasteiger partial charge in [-0.25, -0.2) is 0 Å². The lowest BCUT2D eigenvalue weighted by Crippen LogP contribution is -2.40. The molecule has 0 amide bonds. The first-order chi connectivity index (χ1) is 7.67. The zero-order valence-electron chi connectivity index (χ0n) is 12.4. The van der Waals surface area contributed by atoms with Gasteiger partial charge >= 0.3 is 0 Å². The van der Waals surface area contributed by atoms with Crippen LogP contribution in [0, 0.1) is 0 Å². The van der Waals surface area contributed by atoms with Crippen molar-refractivity contribution in [1.82, 2.24) is 0 Å². The first kappa shape index (κ1) is 17.4. The van der Waals surface area contributed by atoms with Crippen LogP contribution in [0.4, 0.5) is 0 Å². The first-order valence-electron chi connectivity index (χ1n) is 6.63. The average molecular weight is 321 g/mol. The zero-order valence-corrected chi connectivity index (χ0v) is 15.0. The first-order valence-corrected chi connectivity index (χ1v) is 10.3. The van der Waals surface area contributed by atoms with Gasteiger partial charge in [-0.2, -0.15) is 0 Å². The summed E-state index contributed by atoms with van der Waals surface area (Å²) < 4.78 is 7.38. The Balaban J connectivity index is 3.62. The molecular formula is C14H29BrOSi. The fourth-order valence-electron chi connectivity index (χ4n) is 1.27. The van der Waals surface area contributed by atoms with Crippen LogP contribution in [0.15, 0.2) is 10.6 Å². The third-order valence-corrected chi connectivity index (χ3v) is 8.41. The van der Waals surface area contributed by atoms with Crippen molar-refractivity contribution in [2.75, 3.05) is 6.61 Å². The number of unbranched alkanes of at least 4 members (excludes halogenated alkanes) is 3. The number of hydrogen-bond acceptors (Lipinski definition) is 1. The van der Waals surface area contributed by atoms with Crippen molar-refractivity contribution in [3.63, 3.8) is 0 Å². The van der Waals surface area contributed by atoms with Crippen LogP contribution in [0.25, 0.3) is 0 Å². The van der Waals surface area contributed by atoms with Gasteiger partial charge in [-0.15, -0.1) is 0 Å². The van der Waals surface area contributed by atoms with Crippen molar-refractivity contribution >= 4 is 24.2 Å². The fraction of sp³-hybridized carbons (Fsp3) is 0.857. The van der Waals surface area contributed by atoms with Gasteiger partial charge in [-0.3, -0.25) is 0 Å². The SMILES string of the molecule is C/C(Br)=C\CCCCCO[Si](C)(C)C(C)(C)C. The Morgan fingerprint density at radius 1 is 1.18 bits per heavy atom. The van der Waals surface area contributed by atoms with Crippen LogP contribution in [-0.2, 0) is 4.43 Å². The molecule has 0 N–H and O–H groups in total. The molecular weight excluding hydrogens is 292 g/mol.